The van der Waals surface area contributed by atoms with Crippen molar-refractivity contribution in [2.75, 3.05) is 34.3 Å². The molecule has 1 aromatic heterocycles. The minimum absolute atomic E-state index is 0.180. The molecule has 162 valence electrons. The van der Waals surface area contributed by atoms with Crippen molar-refractivity contribution in [3.8, 4) is 0 Å². The first-order valence-electron chi connectivity index (χ1n) is 10.0. The molecule has 0 amide bonds. The van der Waals surface area contributed by atoms with Gasteiger partial charge >= 0.3 is 18.2 Å². The van der Waals surface area contributed by atoms with Gasteiger partial charge in [-0.15, -0.1) is 0 Å². The molecule has 1 aromatic rings. The quantitative estimate of drug-likeness (QED) is 0.392. The number of carbonyl (C=O) groups excluding carboxylic acids is 2. The smallest absolute Gasteiger partial charge is 0.344 e. The van der Waals surface area contributed by atoms with Gasteiger partial charge in [0.1, 0.15) is 12.1 Å². The highest BCUT2D eigenvalue weighted by molar-refractivity contribution is 5.88. The van der Waals surface area contributed by atoms with Crippen molar-refractivity contribution < 1.29 is 38.0 Å². The first-order chi connectivity index (χ1) is 13.6. The number of aromatic nitrogens is 1. The van der Waals surface area contributed by atoms with Gasteiger partial charge in [-0.05, 0) is 12.5 Å². The molecule has 0 bridgehead atoms. The number of hydrogen-bond donors (Lipinski definition) is 1. The van der Waals surface area contributed by atoms with Crippen molar-refractivity contribution in [2.24, 2.45) is 5.92 Å². The Morgan fingerprint density at radius 1 is 1.34 bits per heavy atom. The number of aliphatic hydroxyl groups is 1. The Labute approximate surface area is 172 Å². The molecule has 2 rings (SSSR count). The Morgan fingerprint density at radius 3 is 2.59 bits per heavy atom. The minimum atomic E-state index is -0.632. The summed E-state index contributed by atoms with van der Waals surface area (Å²) in [6, 6.07) is 3.41. The van der Waals surface area contributed by atoms with E-state index >= 15 is 0 Å². The van der Waals surface area contributed by atoms with Crippen LogP contribution in [0.25, 0.3) is 0 Å². The number of esters is 2. The van der Waals surface area contributed by atoms with E-state index in [4.69, 9.17) is 14.2 Å². The number of rotatable bonds is 8. The molecular formula is C21H34N2O6+2. The molecule has 1 aliphatic rings. The van der Waals surface area contributed by atoms with Crippen molar-refractivity contribution in [3.05, 3.63) is 30.1 Å². The molecule has 5 atom stereocenters. The third-order valence-corrected chi connectivity index (χ3v) is 5.01. The summed E-state index contributed by atoms with van der Waals surface area (Å²) in [7, 11) is 6.16. The Bertz CT molecular complexity index is 717. The van der Waals surface area contributed by atoms with Crippen LogP contribution in [0.1, 0.15) is 43.8 Å². The van der Waals surface area contributed by atoms with E-state index in [2.05, 4.69) is 21.1 Å². The highest BCUT2D eigenvalue weighted by Gasteiger charge is 2.49. The van der Waals surface area contributed by atoms with Crippen LogP contribution in [0, 0.1) is 5.92 Å². The number of likely N-dealkylation sites (N-methyl/N-ethyl adjacent to an activating group) is 1. The van der Waals surface area contributed by atoms with Gasteiger partial charge in [-0.3, -0.25) is 4.79 Å². The van der Waals surface area contributed by atoms with Crippen molar-refractivity contribution in [3.63, 3.8) is 0 Å². The topological polar surface area (TPSA) is 85.9 Å². The van der Waals surface area contributed by atoms with Gasteiger partial charge in [-0.2, -0.15) is 4.57 Å². The molecule has 0 spiro atoms. The molecule has 0 unspecified atom stereocenters. The lowest BCUT2D eigenvalue weighted by molar-refractivity contribution is -0.873. The van der Waals surface area contributed by atoms with Crippen LogP contribution in [0.5, 0.6) is 0 Å². The van der Waals surface area contributed by atoms with Crippen LogP contribution in [-0.4, -0.2) is 74.1 Å². The van der Waals surface area contributed by atoms with E-state index in [0.29, 0.717) is 16.6 Å². The van der Waals surface area contributed by atoms with Gasteiger partial charge < -0.3 is 23.8 Å². The number of hydrogen-bond acceptors (Lipinski definition) is 6. The molecule has 8 heteroatoms. The van der Waals surface area contributed by atoms with Gasteiger partial charge in [0.15, 0.2) is 24.6 Å². The van der Waals surface area contributed by atoms with Crippen LogP contribution < -0.4 is 4.57 Å². The lowest BCUT2D eigenvalue weighted by Crippen LogP contribution is -2.47. The maximum absolute atomic E-state index is 12.7. The van der Waals surface area contributed by atoms with E-state index < -0.39 is 30.4 Å². The number of pyridine rings is 1. The predicted molar refractivity (Wildman–Crippen MR) is 105 cm³/mol. The minimum Gasteiger partial charge on any atom is -0.453 e. The Morgan fingerprint density at radius 2 is 2.03 bits per heavy atom. The molecule has 2 heterocycles. The number of ether oxygens (including phenoxy) is 3. The summed E-state index contributed by atoms with van der Waals surface area (Å²) in [6.07, 6.45) is 2.26. The zero-order valence-corrected chi connectivity index (χ0v) is 18.2. The van der Waals surface area contributed by atoms with Crippen LogP contribution in [0.4, 0.5) is 0 Å². The third-order valence-electron chi connectivity index (χ3n) is 5.01. The van der Waals surface area contributed by atoms with E-state index in [1.807, 2.05) is 13.8 Å². The predicted octanol–water partition coefficient (Wildman–Crippen LogP) is 1.07. The van der Waals surface area contributed by atoms with Crippen molar-refractivity contribution in [1.29, 1.82) is 0 Å². The molecule has 1 saturated heterocycles. The Kier molecular flexibility index (Phi) is 7.73. The monoisotopic (exact) mass is 410 g/mol. The van der Waals surface area contributed by atoms with Crippen molar-refractivity contribution in [2.45, 2.75) is 51.7 Å². The van der Waals surface area contributed by atoms with E-state index in [1.54, 1.807) is 29.1 Å². The fourth-order valence-corrected chi connectivity index (χ4v) is 3.51. The van der Waals surface area contributed by atoms with Gasteiger partial charge in [0.2, 0.25) is 0 Å². The van der Waals surface area contributed by atoms with Gasteiger partial charge in [-0.25, -0.2) is 4.79 Å². The molecule has 0 aromatic carbocycles. The van der Waals surface area contributed by atoms with Gasteiger partial charge in [0.05, 0.1) is 33.9 Å². The summed E-state index contributed by atoms with van der Waals surface area (Å²) in [4.78, 5) is 24.2. The van der Waals surface area contributed by atoms with Crippen molar-refractivity contribution >= 4 is 11.9 Å². The third kappa shape index (κ3) is 6.22. The molecular weight excluding hydrogens is 376 g/mol. The zero-order chi connectivity index (χ0) is 21.8. The second-order valence-electron chi connectivity index (χ2n) is 8.63. The fourth-order valence-electron chi connectivity index (χ4n) is 3.51. The summed E-state index contributed by atoms with van der Waals surface area (Å²) in [6.45, 7) is 5.73. The average Bonchev–Trinajstić information content (AvgIpc) is 2.95. The Balaban J connectivity index is 2.21. The lowest BCUT2D eigenvalue weighted by Gasteiger charge is -2.28. The molecule has 1 fully saturated rings. The maximum Gasteiger partial charge on any atom is 0.344 e. The summed E-state index contributed by atoms with van der Waals surface area (Å²) < 4.78 is 19.4. The maximum atomic E-state index is 12.7. The van der Waals surface area contributed by atoms with Gasteiger partial charge in [0, 0.05) is 18.9 Å². The number of aliphatic hydroxyl groups excluding tert-OH is 1. The van der Waals surface area contributed by atoms with Crippen molar-refractivity contribution in [1.82, 2.24) is 0 Å². The Hall–Kier alpha value is -2.03. The van der Waals surface area contributed by atoms with Crippen LogP contribution in [0.2, 0.25) is 0 Å². The lowest BCUT2D eigenvalue weighted by atomic mass is 10.0. The first kappa shape index (κ1) is 23.3. The first-order valence-corrected chi connectivity index (χ1v) is 10.0. The molecule has 1 N–H and O–H groups in total. The van der Waals surface area contributed by atoms with Crippen LogP contribution in [-0.2, 0) is 19.0 Å². The molecule has 1 aliphatic heterocycles. The van der Waals surface area contributed by atoms with Gasteiger partial charge in [-0.1, -0.05) is 13.8 Å². The average molecular weight is 411 g/mol. The standard InChI is InChI=1S/C21H34N2O6/c1-7-17(12-23(4,5)6)28-21(26)16-9-8-10-22(11-16)20-19(27-15(3)25)14(2)18(13-24)29-20/h8-11,14,17-20,24H,7,12-13H2,1-6H3/q+2/t14-,17-,18-,19-,20-/m1/s1. The van der Waals surface area contributed by atoms with Crippen LogP contribution in [0.15, 0.2) is 24.5 Å². The molecule has 29 heavy (non-hydrogen) atoms. The number of nitrogens with zero attached hydrogens (tertiary/aromatic N) is 2. The zero-order valence-electron chi connectivity index (χ0n) is 18.2. The number of carbonyl (C=O) groups is 2. The second kappa shape index (κ2) is 9.65. The normalized spacial score (nSPS) is 25.5. The van der Waals surface area contributed by atoms with Gasteiger partial charge in [0.25, 0.3) is 0 Å². The van der Waals surface area contributed by atoms with E-state index in [0.717, 1.165) is 6.42 Å². The highest BCUT2D eigenvalue weighted by atomic mass is 16.6. The summed E-state index contributed by atoms with van der Waals surface area (Å²) >= 11 is 0. The molecule has 0 saturated carbocycles. The number of quaternary nitrogens is 1. The highest BCUT2D eigenvalue weighted by Crippen LogP contribution is 2.33. The molecule has 8 nitrogen and oxygen atoms in total. The van der Waals surface area contributed by atoms with E-state index in [1.165, 1.54) is 6.92 Å². The summed E-state index contributed by atoms with van der Waals surface area (Å²) in [5.41, 5.74) is 0.387. The second-order valence-corrected chi connectivity index (χ2v) is 8.63. The summed E-state index contributed by atoms with van der Waals surface area (Å²) in [5.74, 6) is -1.02. The molecule has 0 radical (unpaired) electrons. The summed E-state index contributed by atoms with van der Waals surface area (Å²) in [5, 5.41) is 9.56. The van der Waals surface area contributed by atoms with E-state index in [-0.39, 0.29) is 18.6 Å². The fraction of sp³-hybridized carbons (Fsp3) is 0.667. The SMILES string of the molecule is CC[C@H](C[N+](C)(C)C)OC(=O)c1ccc[n+]([C@@H]2O[C@H](CO)[C@@H](C)[C@H]2OC(C)=O)c1. The molecule has 0 aliphatic carbocycles. The van der Waals surface area contributed by atoms with Crippen LogP contribution in [0.3, 0.4) is 0 Å². The van der Waals surface area contributed by atoms with Crippen LogP contribution >= 0.6 is 0 Å². The van der Waals surface area contributed by atoms with E-state index in [9.17, 15) is 14.7 Å². The largest absolute Gasteiger partial charge is 0.453 e.